The number of aryl methyl sites for hydroxylation is 7. The van der Waals surface area contributed by atoms with E-state index in [1.165, 1.54) is 22.4 Å². The highest BCUT2D eigenvalue weighted by molar-refractivity contribution is 6.31. The summed E-state index contributed by atoms with van der Waals surface area (Å²) >= 11 is 12.8. The first-order valence-corrected chi connectivity index (χ1v) is 30.2. The number of hydrogen-bond acceptors (Lipinski definition) is 11. The van der Waals surface area contributed by atoms with Crippen LogP contribution in [0.15, 0.2) is 110 Å². The fraction of sp³-hybridized carbons (Fsp3) is 0.453. The van der Waals surface area contributed by atoms with Crippen LogP contribution >= 0.6 is 23.2 Å². The molecular formula is C64H73Cl2N9O7. The van der Waals surface area contributed by atoms with E-state index in [1.54, 1.807) is 11.1 Å². The Bertz CT molecular complexity index is 3250. The Hall–Kier alpha value is -6.85. The van der Waals surface area contributed by atoms with Crippen molar-refractivity contribution in [3.8, 4) is 0 Å². The van der Waals surface area contributed by atoms with Crippen LogP contribution in [-0.2, 0) is 57.7 Å². The molecule has 2 saturated heterocycles. The standard InChI is InChI=1S/C38H43ClN6O3.C26H30ClN3O4/c1-26-23-43(25-41-26)19-17-27-8-5-6-12-33(27)42-37(46)34-24-44(20-21-45(34)38(47)48-31-10-3-2-4-11-31)36-32-16-15-30(39)22-29(32)14-13-28-9-7-18-40-35(28)36;27-19-10-11-21-18(15-19)9-8-17-5-4-12-28-23(17)24(21)29-13-14-30(22(16-29)25(31)32)26(33)34-20-6-2-1-3-7-20/h5-9,12,15-16,18,22-23,25,31,34,36H,2-4,10-11,13-14,17,19-21,24H2,1H3,(H,42,46);4-5,10-12,15,20,22,24H,1-3,6-9,13-14,16H2,(H,31,32). The van der Waals surface area contributed by atoms with Gasteiger partial charge in [0.05, 0.1) is 35.5 Å². The van der Waals surface area contributed by atoms with Crippen LogP contribution in [0.25, 0.3) is 0 Å². The van der Waals surface area contributed by atoms with Gasteiger partial charge in [-0.3, -0.25) is 34.4 Å². The summed E-state index contributed by atoms with van der Waals surface area (Å²) in [5.41, 5.74) is 11.6. The smallest absolute Gasteiger partial charge is 0.410 e. The first kappa shape index (κ1) is 57.0. The molecule has 16 nitrogen and oxygen atoms in total. The topological polar surface area (TPSA) is 176 Å². The Morgan fingerprint density at radius 3 is 1.65 bits per heavy atom. The summed E-state index contributed by atoms with van der Waals surface area (Å²) in [6, 6.07) is 26.0. The number of carboxylic acid groups (broad SMARTS) is 1. The maximum Gasteiger partial charge on any atom is 0.410 e. The number of ether oxygens (including phenoxy) is 2. The van der Waals surface area contributed by atoms with Crippen LogP contribution in [0.1, 0.15) is 132 Å². The Morgan fingerprint density at radius 2 is 1.12 bits per heavy atom. The lowest BCUT2D eigenvalue weighted by Crippen LogP contribution is -2.60. The quantitative estimate of drug-likeness (QED) is 0.133. The number of nitrogens with one attached hydrogen (secondary N) is 1. The number of imidazole rings is 1. The molecule has 18 heteroatoms. The van der Waals surface area contributed by atoms with Crippen molar-refractivity contribution in [2.24, 2.45) is 0 Å². The van der Waals surface area contributed by atoms with Crippen molar-refractivity contribution >= 4 is 53.0 Å². The molecule has 430 valence electrons. The maximum atomic E-state index is 14.4. The van der Waals surface area contributed by atoms with Crippen molar-refractivity contribution in [1.82, 2.24) is 39.1 Å². The van der Waals surface area contributed by atoms with Crippen LogP contribution in [0, 0.1) is 6.92 Å². The molecule has 0 bridgehead atoms. The van der Waals surface area contributed by atoms with Crippen LogP contribution in [0.2, 0.25) is 10.0 Å². The van der Waals surface area contributed by atoms with E-state index in [1.807, 2.05) is 86.3 Å². The third-order valence-corrected chi connectivity index (χ3v) is 17.9. The molecule has 2 saturated carbocycles. The lowest BCUT2D eigenvalue weighted by Gasteiger charge is -2.43. The first-order valence-electron chi connectivity index (χ1n) is 29.4. The highest BCUT2D eigenvalue weighted by atomic mass is 35.5. The van der Waals surface area contributed by atoms with Gasteiger partial charge in [0.1, 0.15) is 24.3 Å². The van der Waals surface area contributed by atoms with Gasteiger partial charge in [-0.05, 0) is 172 Å². The number of para-hydroxylation sites is 1. The normalized spacial score (nSPS) is 21.5. The van der Waals surface area contributed by atoms with Gasteiger partial charge in [0.25, 0.3) is 0 Å². The van der Waals surface area contributed by atoms with Gasteiger partial charge in [0.15, 0.2) is 0 Å². The predicted octanol–water partition coefficient (Wildman–Crippen LogP) is 11.2. The monoisotopic (exact) mass is 1150 g/mol. The minimum atomic E-state index is -1.02. The van der Waals surface area contributed by atoms with E-state index in [9.17, 15) is 24.3 Å². The lowest BCUT2D eigenvalue weighted by molar-refractivity contribution is -0.145. The van der Waals surface area contributed by atoms with E-state index in [0.717, 1.165) is 147 Å². The van der Waals surface area contributed by atoms with Crippen molar-refractivity contribution in [2.45, 2.75) is 146 Å². The average Bonchev–Trinajstić information content (AvgIpc) is 3.98. The van der Waals surface area contributed by atoms with E-state index < -0.39 is 30.2 Å². The number of pyridine rings is 2. The van der Waals surface area contributed by atoms with Gasteiger partial charge < -0.3 is 24.5 Å². The van der Waals surface area contributed by atoms with E-state index in [4.69, 9.17) is 42.6 Å². The number of halogens is 2. The van der Waals surface area contributed by atoms with Gasteiger partial charge >= 0.3 is 18.2 Å². The lowest BCUT2D eigenvalue weighted by atomic mass is 9.95. The largest absolute Gasteiger partial charge is 0.480 e. The Balaban J connectivity index is 0.000000182. The summed E-state index contributed by atoms with van der Waals surface area (Å²) in [6.45, 7) is 5.03. The number of anilines is 1. The van der Waals surface area contributed by atoms with Crippen molar-refractivity contribution in [1.29, 1.82) is 0 Å². The number of hydrogen-bond donors (Lipinski definition) is 2. The average molecular weight is 1150 g/mol. The summed E-state index contributed by atoms with van der Waals surface area (Å²) in [4.78, 5) is 74.9. The van der Waals surface area contributed by atoms with Gasteiger partial charge in [-0.2, -0.15) is 0 Å². The molecule has 0 spiro atoms. The number of benzene rings is 3. The van der Waals surface area contributed by atoms with Crippen molar-refractivity contribution in [3.05, 3.63) is 176 Å². The highest BCUT2D eigenvalue weighted by Gasteiger charge is 2.44. The second-order valence-electron chi connectivity index (χ2n) is 22.8. The van der Waals surface area contributed by atoms with Gasteiger partial charge in [0.2, 0.25) is 5.91 Å². The molecule has 4 fully saturated rings. The molecular weight excluding hydrogens is 1080 g/mol. The zero-order valence-corrected chi connectivity index (χ0v) is 48.2. The van der Waals surface area contributed by atoms with Gasteiger partial charge in [0, 0.05) is 80.1 Å². The van der Waals surface area contributed by atoms with Crippen molar-refractivity contribution in [3.63, 3.8) is 0 Å². The SMILES string of the molecule is Cc1cn(CCc2ccccc2NC(=O)C2CN(C3c4ccc(Cl)cc4CCc4cccnc43)CCN2C(=O)OC2CCCCC2)cn1.O=C(O)C1CN(C2c3ccc(Cl)cc3CCc3cccnc32)CCN1C(=O)OC1CCCCC1. The van der Waals surface area contributed by atoms with E-state index in [-0.39, 0.29) is 36.7 Å². The number of nitrogens with zero attached hydrogens (tertiary/aromatic N) is 8. The Morgan fingerprint density at radius 1 is 0.610 bits per heavy atom. The fourth-order valence-corrected chi connectivity index (χ4v) is 13.6. The third-order valence-electron chi connectivity index (χ3n) is 17.4. The predicted molar refractivity (Wildman–Crippen MR) is 314 cm³/mol. The Labute approximate surface area is 490 Å². The fourth-order valence-electron chi connectivity index (χ4n) is 13.2. The zero-order chi connectivity index (χ0) is 56.7. The molecule has 2 N–H and O–H groups in total. The molecule has 6 aromatic rings. The summed E-state index contributed by atoms with van der Waals surface area (Å²) < 4.78 is 13.8. The molecule has 4 aliphatic carbocycles. The first-order chi connectivity index (χ1) is 39.9. The van der Waals surface area contributed by atoms with Crippen LogP contribution < -0.4 is 5.32 Å². The Kier molecular flexibility index (Phi) is 18.2. The van der Waals surface area contributed by atoms with Crippen LogP contribution in [0.5, 0.6) is 0 Å². The molecule has 3 aromatic heterocycles. The van der Waals surface area contributed by atoms with Gasteiger partial charge in [-0.25, -0.2) is 19.4 Å². The number of carboxylic acids is 1. The third kappa shape index (κ3) is 13.2. The summed E-state index contributed by atoms with van der Waals surface area (Å²) in [5.74, 6) is -1.24. The van der Waals surface area contributed by atoms with Crippen molar-refractivity contribution < 1.29 is 33.8 Å². The van der Waals surface area contributed by atoms with Crippen LogP contribution in [0.4, 0.5) is 15.3 Å². The molecule has 82 heavy (non-hydrogen) atoms. The number of carbonyl (C=O) groups excluding carboxylic acids is 3. The highest BCUT2D eigenvalue weighted by Crippen LogP contribution is 2.40. The minimum absolute atomic E-state index is 0.102. The van der Waals surface area contributed by atoms with Crippen molar-refractivity contribution in [2.75, 3.05) is 44.6 Å². The molecule has 6 aliphatic rings. The number of piperazine rings is 2. The molecule has 0 radical (unpaired) electrons. The molecule has 4 atom stereocenters. The van der Waals surface area contributed by atoms with E-state index >= 15 is 0 Å². The summed E-state index contributed by atoms with van der Waals surface area (Å²) in [7, 11) is 0. The second kappa shape index (κ2) is 26.2. The van der Waals surface area contributed by atoms with E-state index in [0.29, 0.717) is 42.8 Å². The number of aliphatic carboxylic acids is 1. The number of carbonyl (C=O) groups is 4. The number of fused-ring (bicyclic) bond motifs is 4. The summed E-state index contributed by atoms with van der Waals surface area (Å²) in [6.07, 6.45) is 20.5. The molecule has 3 amide bonds. The molecule has 4 unspecified atom stereocenters. The van der Waals surface area contributed by atoms with Gasteiger partial charge in [-0.1, -0.05) is 78.5 Å². The van der Waals surface area contributed by atoms with Crippen LogP contribution in [-0.4, -0.2) is 132 Å². The number of aromatic nitrogens is 4. The van der Waals surface area contributed by atoms with E-state index in [2.05, 4.69) is 48.9 Å². The number of amides is 3. The summed E-state index contributed by atoms with van der Waals surface area (Å²) in [5, 5.41) is 14.7. The maximum absolute atomic E-state index is 14.4. The zero-order valence-electron chi connectivity index (χ0n) is 46.6. The number of rotatable bonds is 10. The molecule has 3 aromatic carbocycles. The second-order valence-corrected chi connectivity index (χ2v) is 23.6. The molecule has 5 heterocycles. The van der Waals surface area contributed by atoms with Crippen LogP contribution in [0.3, 0.4) is 0 Å². The minimum Gasteiger partial charge on any atom is -0.480 e. The molecule has 2 aliphatic heterocycles. The molecule has 12 rings (SSSR count). The van der Waals surface area contributed by atoms with Gasteiger partial charge in [-0.15, -0.1) is 0 Å².